The molecule has 0 aromatic rings. The van der Waals surface area contributed by atoms with Gasteiger partial charge in [-0.3, -0.25) is 4.79 Å². The number of methoxy groups -OCH3 is 1. The number of esters is 1. The van der Waals surface area contributed by atoms with Crippen molar-refractivity contribution in [3.63, 3.8) is 0 Å². The Balaban J connectivity index is 1.63. The molecule has 1 unspecified atom stereocenters. The Bertz CT molecular complexity index is 1320. The van der Waals surface area contributed by atoms with Gasteiger partial charge in [-0.2, -0.15) is 0 Å². The first-order valence-electron chi connectivity index (χ1n) is 21.4. The number of rotatable bonds is 10. The Kier molecular flexibility index (Phi) is 18.6. The van der Waals surface area contributed by atoms with Crippen LogP contribution >= 0.6 is 0 Å². The molecular weight excluding hydrogens is 752 g/mol. The van der Waals surface area contributed by atoms with E-state index in [0.717, 1.165) is 12.8 Å². The molecule has 58 heavy (non-hydrogen) atoms. The highest BCUT2D eigenvalue weighted by Crippen LogP contribution is 2.37. The number of allylic oxidation sites excluding steroid dienone is 2. The molecule has 4 aliphatic rings. The molecule has 3 saturated heterocycles. The Morgan fingerprint density at radius 1 is 0.845 bits per heavy atom. The Morgan fingerprint density at radius 2 is 1.53 bits per heavy atom. The molecule has 0 bridgehead atoms. The van der Waals surface area contributed by atoms with Gasteiger partial charge in [0, 0.05) is 26.0 Å². The van der Waals surface area contributed by atoms with Crippen molar-refractivity contribution in [3.8, 4) is 0 Å². The SMILES string of the molecule is CC[C@H]1C[C@@H](C)[C@@H](OC2CC[C@H](N(C)C)[C@@H](C)O2)/C=C/C=C/C[C@@H](C)OC(=O)C[C@@H](O)[C@H](OC)[C@H]1O[C@@H]1O[C@H](C)[C@@H](O[C@H]2C[C@@](C)(O)[C@@H](O)[C@H](C)O2)[C@H](N(C)C)[C@H]1O. The molecule has 0 amide bonds. The van der Waals surface area contributed by atoms with Crippen molar-refractivity contribution in [3.05, 3.63) is 24.3 Å². The summed E-state index contributed by atoms with van der Waals surface area (Å²) in [5.41, 5.74) is -1.44. The first-order valence-corrected chi connectivity index (χ1v) is 21.4. The Labute approximate surface area is 346 Å². The lowest BCUT2D eigenvalue weighted by Crippen LogP contribution is -2.65. The fourth-order valence-corrected chi connectivity index (χ4v) is 9.15. The van der Waals surface area contributed by atoms with Gasteiger partial charge in [0.25, 0.3) is 0 Å². The highest BCUT2D eigenvalue weighted by atomic mass is 16.7. The van der Waals surface area contributed by atoms with Crippen molar-refractivity contribution in [2.75, 3.05) is 35.3 Å². The van der Waals surface area contributed by atoms with Gasteiger partial charge in [-0.05, 0) is 93.9 Å². The average Bonchev–Trinajstić information content (AvgIpc) is 3.13. The smallest absolute Gasteiger partial charge is 0.308 e. The number of aliphatic hydroxyl groups is 4. The molecule has 0 spiro atoms. The minimum atomic E-state index is -1.44. The third-order valence-corrected chi connectivity index (χ3v) is 12.5. The van der Waals surface area contributed by atoms with E-state index in [4.69, 9.17) is 37.9 Å². The third kappa shape index (κ3) is 12.7. The van der Waals surface area contributed by atoms with E-state index in [2.05, 4.69) is 32.8 Å². The minimum Gasteiger partial charge on any atom is -0.462 e. The monoisotopic (exact) mass is 829 g/mol. The predicted molar refractivity (Wildman–Crippen MR) is 216 cm³/mol. The highest BCUT2D eigenvalue weighted by Gasteiger charge is 2.51. The van der Waals surface area contributed by atoms with Crippen LogP contribution in [0.2, 0.25) is 0 Å². The second-order valence-corrected chi connectivity index (χ2v) is 17.8. The summed E-state index contributed by atoms with van der Waals surface area (Å²) in [6, 6.07) is -0.356. The van der Waals surface area contributed by atoms with Gasteiger partial charge in [0.15, 0.2) is 18.9 Å². The molecule has 3 fully saturated rings. The molecule has 4 N–H and O–H groups in total. The number of hydrogen-bond acceptors (Lipinski definition) is 15. The van der Waals surface area contributed by atoms with Gasteiger partial charge in [0.2, 0.25) is 0 Å². The number of ether oxygens (including phenoxy) is 8. The number of aliphatic hydroxyl groups excluding tert-OH is 3. The van der Waals surface area contributed by atoms with Crippen molar-refractivity contribution in [2.24, 2.45) is 11.8 Å². The number of cyclic esters (lactones) is 1. The van der Waals surface area contributed by atoms with Crippen molar-refractivity contribution < 1.29 is 63.1 Å². The quantitative estimate of drug-likeness (QED) is 0.236. The van der Waals surface area contributed by atoms with Crippen LogP contribution in [0.5, 0.6) is 0 Å². The predicted octanol–water partition coefficient (Wildman–Crippen LogP) is 3.15. The molecule has 4 aliphatic heterocycles. The van der Waals surface area contributed by atoms with Crippen LogP contribution in [-0.4, -0.2) is 175 Å². The second kappa shape index (κ2) is 22.0. The maximum atomic E-state index is 13.1. The van der Waals surface area contributed by atoms with E-state index in [-0.39, 0.29) is 43.2 Å². The molecule has 15 nitrogen and oxygen atoms in total. The standard InChI is InChI=1S/C43H76N2O13/c1-13-29-21-24(2)32(56-34-20-19-30(44(8)9)26(4)53-34)18-16-14-15-17-25(3)52-33(47)22-31(46)40(51-12)39(29)58-42-37(48)36(45(10)11)38(27(5)55-42)57-35-23-43(7,50)41(49)28(6)54-35/h14-16,18,24-32,34-42,46,48-50H,13,17,19-23H2,1-12H3/b15-14+,18-16+/t24-,25-,26-,27-,28+,29+,30+,31-,32+,34?,35+,36-,37-,38-,39+,40+,41+,42+,43-/m1/s1. The first kappa shape index (κ1) is 49.1. The van der Waals surface area contributed by atoms with Crippen molar-refractivity contribution in [1.29, 1.82) is 0 Å². The summed E-state index contributed by atoms with van der Waals surface area (Å²) in [4.78, 5) is 17.1. The number of likely N-dealkylation sites (N-methyl/N-ethyl adjacent to an activating group) is 2. The molecule has 0 aromatic heterocycles. The van der Waals surface area contributed by atoms with E-state index in [1.807, 2.05) is 57.1 Å². The first-order chi connectivity index (χ1) is 27.3. The van der Waals surface area contributed by atoms with Gasteiger partial charge in [-0.1, -0.05) is 44.6 Å². The van der Waals surface area contributed by atoms with Gasteiger partial charge in [0.05, 0.1) is 54.7 Å². The van der Waals surface area contributed by atoms with Gasteiger partial charge >= 0.3 is 5.97 Å². The van der Waals surface area contributed by atoms with E-state index in [1.165, 1.54) is 7.11 Å². The second-order valence-electron chi connectivity index (χ2n) is 17.8. The van der Waals surface area contributed by atoms with Crippen LogP contribution in [0.4, 0.5) is 0 Å². The molecule has 0 saturated carbocycles. The number of carbonyl (C=O) groups excluding carboxylic acids is 1. The van der Waals surface area contributed by atoms with E-state index in [9.17, 15) is 25.2 Å². The van der Waals surface area contributed by atoms with E-state index < -0.39 is 85.1 Å². The molecular formula is C43H76N2O13. The summed E-state index contributed by atoms with van der Waals surface area (Å²) < 4.78 is 50.4. The molecule has 4 heterocycles. The normalized spacial score (nSPS) is 46.5. The maximum Gasteiger partial charge on any atom is 0.308 e. The molecule has 0 aromatic carbocycles. The van der Waals surface area contributed by atoms with Crippen LogP contribution < -0.4 is 0 Å². The lowest BCUT2D eigenvalue weighted by atomic mass is 9.82. The lowest BCUT2D eigenvalue weighted by Gasteiger charge is -2.50. The number of hydrogen-bond donors (Lipinski definition) is 4. The van der Waals surface area contributed by atoms with E-state index >= 15 is 0 Å². The summed E-state index contributed by atoms with van der Waals surface area (Å²) in [7, 11) is 9.24. The van der Waals surface area contributed by atoms with Gasteiger partial charge < -0.3 is 68.1 Å². The molecule has 0 aliphatic carbocycles. The van der Waals surface area contributed by atoms with Crippen LogP contribution in [0.25, 0.3) is 0 Å². The fraction of sp³-hybridized carbons (Fsp3) is 0.884. The van der Waals surface area contributed by atoms with Crippen LogP contribution in [0.15, 0.2) is 24.3 Å². The summed E-state index contributed by atoms with van der Waals surface area (Å²) in [6.45, 7) is 13.1. The minimum absolute atomic E-state index is 0.00438. The zero-order chi connectivity index (χ0) is 43.1. The van der Waals surface area contributed by atoms with Crippen LogP contribution in [0.1, 0.15) is 93.4 Å². The number of carbonyl (C=O) groups is 1. The lowest BCUT2D eigenvalue weighted by molar-refractivity contribution is -0.344. The molecule has 336 valence electrons. The molecule has 0 radical (unpaired) electrons. The highest BCUT2D eigenvalue weighted by molar-refractivity contribution is 5.70. The largest absolute Gasteiger partial charge is 0.462 e. The Hall–Kier alpha value is -1.57. The number of nitrogens with zero attached hydrogens (tertiary/aromatic N) is 2. The van der Waals surface area contributed by atoms with Crippen molar-refractivity contribution in [1.82, 2.24) is 9.80 Å². The van der Waals surface area contributed by atoms with Gasteiger partial charge in [0.1, 0.15) is 30.5 Å². The molecule has 19 atom stereocenters. The Morgan fingerprint density at radius 3 is 2.14 bits per heavy atom. The average molecular weight is 829 g/mol. The molecule has 15 heteroatoms. The summed E-state index contributed by atoms with van der Waals surface area (Å²) in [5, 5.41) is 45.1. The zero-order valence-corrected chi connectivity index (χ0v) is 37.0. The third-order valence-electron chi connectivity index (χ3n) is 12.5. The summed E-state index contributed by atoms with van der Waals surface area (Å²) >= 11 is 0. The van der Waals surface area contributed by atoms with Gasteiger partial charge in [-0.25, -0.2) is 0 Å². The van der Waals surface area contributed by atoms with Crippen LogP contribution in [0.3, 0.4) is 0 Å². The van der Waals surface area contributed by atoms with Crippen molar-refractivity contribution >= 4 is 5.97 Å². The maximum absolute atomic E-state index is 13.1. The van der Waals surface area contributed by atoms with Crippen LogP contribution in [-0.2, 0) is 42.7 Å². The topological polar surface area (TPSA) is 178 Å². The fourth-order valence-electron chi connectivity index (χ4n) is 9.15. The summed E-state index contributed by atoms with van der Waals surface area (Å²) in [5.74, 6) is -0.888. The van der Waals surface area contributed by atoms with Crippen molar-refractivity contribution in [2.45, 2.75) is 197 Å². The van der Waals surface area contributed by atoms with E-state index in [1.54, 1.807) is 20.8 Å². The zero-order valence-electron chi connectivity index (χ0n) is 37.0. The van der Waals surface area contributed by atoms with E-state index in [0.29, 0.717) is 25.3 Å². The summed E-state index contributed by atoms with van der Waals surface area (Å²) in [6.07, 6.45) is 0.174. The molecule has 4 rings (SSSR count). The van der Waals surface area contributed by atoms with Gasteiger partial charge in [-0.15, -0.1) is 0 Å². The van der Waals surface area contributed by atoms with Crippen LogP contribution in [0, 0.1) is 11.8 Å².